The molecule has 8 heteroatoms. The number of aryl methyl sites for hydroxylation is 1. The summed E-state index contributed by atoms with van der Waals surface area (Å²) < 4.78 is 21.9. The van der Waals surface area contributed by atoms with Crippen molar-refractivity contribution in [3.05, 3.63) is 39.9 Å². The molecule has 0 fully saturated rings. The number of pyridine rings is 1. The predicted octanol–water partition coefficient (Wildman–Crippen LogP) is 5.46. The molecule has 1 atom stereocenters. The van der Waals surface area contributed by atoms with Crippen molar-refractivity contribution >= 4 is 39.9 Å². The molecule has 0 amide bonds. The van der Waals surface area contributed by atoms with E-state index in [0.717, 1.165) is 40.6 Å². The molecule has 1 aliphatic carbocycles. The molecule has 1 unspecified atom stereocenters. The van der Waals surface area contributed by atoms with Crippen LogP contribution in [-0.2, 0) is 28.9 Å². The van der Waals surface area contributed by atoms with Crippen LogP contribution in [0.4, 0.5) is 0 Å². The molecule has 4 rings (SSSR count). The molecule has 0 saturated carbocycles. The van der Waals surface area contributed by atoms with Gasteiger partial charge in [0.05, 0.1) is 39.2 Å². The van der Waals surface area contributed by atoms with Gasteiger partial charge in [0.15, 0.2) is 11.5 Å². The van der Waals surface area contributed by atoms with Gasteiger partial charge in [0, 0.05) is 28.5 Å². The van der Waals surface area contributed by atoms with Crippen LogP contribution in [0.1, 0.15) is 39.8 Å². The third-order valence-corrected chi connectivity index (χ3v) is 7.01. The van der Waals surface area contributed by atoms with Crippen molar-refractivity contribution in [1.82, 2.24) is 4.98 Å². The SMILES string of the molecule is COCc1nc2sc3c(c2c(-c2cccc(OC)c2OC)c1C(=O)OC)CCC(C)C3.Cl. The number of fused-ring (bicyclic) bond motifs is 3. The van der Waals surface area contributed by atoms with Crippen LogP contribution in [0.15, 0.2) is 18.2 Å². The maximum atomic E-state index is 13.1. The summed E-state index contributed by atoms with van der Waals surface area (Å²) in [5.41, 5.74) is 3.83. The first-order valence-electron chi connectivity index (χ1n) is 10.3. The number of ether oxygens (including phenoxy) is 4. The van der Waals surface area contributed by atoms with Crippen LogP contribution in [-0.4, -0.2) is 39.4 Å². The number of halogens is 1. The monoisotopic (exact) mass is 477 g/mol. The van der Waals surface area contributed by atoms with E-state index in [-0.39, 0.29) is 19.0 Å². The number of rotatable bonds is 6. The van der Waals surface area contributed by atoms with Gasteiger partial charge in [0.1, 0.15) is 4.83 Å². The highest BCUT2D eigenvalue weighted by Crippen LogP contribution is 2.48. The Morgan fingerprint density at radius 3 is 2.62 bits per heavy atom. The molecule has 172 valence electrons. The van der Waals surface area contributed by atoms with Gasteiger partial charge in [-0.3, -0.25) is 0 Å². The van der Waals surface area contributed by atoms with Crippen LogP contribution in [0.25, 0.3) is 21.3 Å². The van der Waals surface area contributed by atoms with Gasteiger partial charge in [-0.15, -0.1) is 23.7 Å². The molecule has 0 spiro atoms. The third-order valence-electron chi connectivity index (χ3n) is 5.86. The van der Waals surface area contributed by atoms with Crippen molar-refractivity contribution in [2.75, 3.05) is 28.4 Å². The lowest BCUT2D eigenvalue weighted by atomic mass is 9.86. The molecule has 0 N–H and O–H groups in total. The Labute approximate surface area is 198 Å². The summed E-state index contributed by atoms with van der Waals surface area (Å²) in [6.45, 7) is 2.49. The fourth-order valence-corrected chi connectivity index (χ4v) is 5.85. The number of carbonyl (C=O) groups is 1. The molecule has 0 radical (unpaired) electrons. The average Bonchev–Trinajstić information content (AvgIpc) is 3.14. The number of methoxy groups -OCH3 is 4. The largest absolute Gasteiger partial charge is 0.493 e. The highest BCUT2D eigenvalue weighted by molar-refractivity contribution is 7.19. The summed E-state index contributed by atoms with van der Waals surface area (Å²) in [5, 5.41) is 1.01. The van der Waals surface area contributed by atoms with Gasteiger partial charge in [-0.2, -0.15) is 0 Å². The van der Waals surface area contributed by atoms with Gasteiger partial charge in [-0.1, -0.05) is 19.1 Å². The van der Waals surface area contributed by atoms with E-state index in [9.17, 15) is 4.79 Å². The Bertz CT molecular complexity index is 1140. The highest BCUT2D eigenvalue weighted by atomic mass is 35.5. The van der Waals surface area contributed by atoms with Gasteiger partial charge in [-0.05, 0) is 36.8 Å². The second-order valence-corrected chi connectivity index (χ2v) is 8.89. The minimum Gasteiger partial charge on any atom is -0.493 e. The molecular formula is C24H28ClNO5S. The maximum Gasteiger partial charge on any atom is 0.340 e. The number of esters is 1. The molecule has 2 heterocycles. The van der Waals surface area contributed by atoms with E-state index in [0.29, 0.717) is 28.7 Å². The van der Waals surface area contributed by atoms with Crippen LogP contribution >= 0.6 is 23.7 Å². The summed E-state index contributed by atoms with van der Waals surface area (Å²) in [4.78, 5) is 20.2. The fraction of sp³-hybridized carbons (Fsp3) is 0.417. The molecule has 0 bridgehead atoms. The first-order chi connectivity index (χ1) is 15.0. The van der Waals surface area contributed by atoms with Crippen LogP contribution in [0.3, 0.4) is 0 Å². The van der Waals surface area contributed by atoms with Gasteiger partial charge in [-0.25, -0.2) is 9.78 Å². The predicted molar refractivity (Wildman–Crippen MR) is 129 cm³/mol. The lowest BCUT2D eigenvalue weighted by Crippen LogP contribution is -2.13. The Balaban J connectivity index is 0.00000289. The molecule has 0 aliphatic heterocycles. The zero-order valence-corrected chi connectivity index (χ0v) is 20.6. The number of hydrogen-bond donors (Lipinski definition) is 0. The smallest absolute Gasteiger partial charge is 0.340 e. The van der Waals surface area contributed by atoms with E-state index < -0.39 is 5.97 Å². The Hall–Kier alpha value is -2.35. The van der Waals surface area contributed by atoms with Gasteiger partial charge >= 0.3 is 5.97 Å². The number of para-hydroxylation sites is 1. The van der Waals surface area contributed by atoms with E-state index in [4.69, 9.17) is 23.9 Å². The summed E-state index contributed by atoms with van der Waals surface area (Å²) in [5.74, 6) is 1.38. The number of hydrogen-bond acceptors (Lipinski definition) is 7. The molecule has 2 aromatic heterocycles. The first kappa shape index (κ1) is 24.3. The third kappa shape index (κ3) is 4.05. The Morgan fingerprint density at radius 1 is 1.19 bits per heavy atom. The van der Waals surface area contributed by atoms with E-state index in [1.54, 1.807) is 32.7 Å². The molecule has 3 aromatic rings. The molecule has 1 aromatic carbocycles. The van der Waals surface area contributed by atoms with Crippen LogP contribution in [0.5, 0.6) is 11.5 Å². The minimum absolute atomic E-state index is 0. The highest BCUT2D eigenvalue weighted by Gasteiger charge is 2.30. The van der Waals surface area contributed by atoms with Crippen LogP contribution in [0.2, 0.25) is 0 Å². The normalized spacial score (nSPS) is 15.1. The number of thiophene rings is 1. The molecule has 32 heavy (non-hydrogen) atoms. The summed E-state index contributed by atoms with van der Waals surface area (Å²) in [6.07, 6.45) is 3.10. The Morgan fingerprint density at radius 2 is 1.97 bits per heavy atom. The quantitative estimate of drug-likeness (QED) is 0.439. The van der Waals surface area contributed by atoms with Gasteiger partial charge in [0.25, 0.3) is 0 Å². The van der Waals surface area contributed by atoms with E-state index in [1.807, 2.05) is 18.2 Å². The number of nitrogens with zero attached hydrogens (tertiary/aromatic N) is 1. The zero-order chi connectivity index (χ0) is 22.1. The van der Waals surface area contributed by atoms with E-state index >= 15 is 0 Å². The van der Waals surface area contributed by atoms with E-state index in [1.165, 1.54) is 17.6 Å². The van der Waals surface area contributed by atoms with Crippen molar-refractivity contribution in [1.29, 1.82) is 0 Å². The zero-order valence-electron chi connectivity index (χ0n) is 18.9. The standard InChI is InChI=1S/C24H27NO5S.ClH/c1-13-9-10-14-18(11-13)31-23-20(14)19(15-7-6-8-17(28-3)22(15)29-4)21(24(26)30-5)16(25-23)12-27-2;/h6-8,13H,9-12H2,1-5H3;1H. The second-order valence-electron chi connectivity index (χ2n) is 7.81. The minimum atomic E-state index is -0.439. The lowest BCUT2D eigenvalue weighted by Gasteiger charge is -2.21. The summed E-state index contributed by atoms with van der Waals surface area (Å²) in [7, 11) is 6.20. The second kappa shape index (κ2) is 10.1. The number of aromatic nitrogens is 1. The molecule has 6 nitrogen and oxygen atoms in total. The van der Waals surface area contributed by atoms with Gasteiger partial charge in [0.2, 0.25) is 0 Å². The lowest BCUT2D eigenvalue weighted by molar-refractivity contribution is 0.0596. The average molecular weight is 478 g/mol. The summed E-state index contributed by atoms with van der Waals surface area (Å²) in [6, 6.07) is 5.70. The van der Waals surface area contributed by atoms with Crippen molar-refractivity contribution in [2.45, 2.75) is 32.8 Å². The number of benzene rings is 1. The summed E-state index contributed by atoms with van der Waals surface area (Å²) >= 11 is 1.71. The van der Waals surface area contributed by atoms with Crippen LogP contribution < -0.4 is 9.47 Å². The first-order valence-corrected chi connectivity index (χ1v) is 11.1. The van der Waals surface area contributed by atoms with Crippen LogP contribution in [0, 0.1) is 5.92 Å². The molecule has 0 saturated heterocycles. The van der Waals surface area contributed by atoms with Crippen molar-refractivity contribution in [2.24, 2.45) is 5.92 Å². The van der Waals surface area contributed by atoms with E-state index in [2.05, 4.69) is 6.92 Å². The van der Waals surface area contributed by atoms with Crippen molar-refractivity contribution < 1.29 is 23.7 Å². The van der Waals surface area contributed by atoms with Crippen molar-refractivity contribution in [3.8, 4) is 22.6 Å². The fourth-order valence-electron chi connectivity index (χ4n) is 4.44. The topological polar surface area (TPSA) is 66.9 Å². The maximum absolute atomic E-state index is 13.1. The van der Waals surface area contributed by atoms with Crippen molar-refractivity contribution in [3.63, 3.8) is 0 Å². The molecule has 1 aliphatic rings. The molecular weight excluding hydrogens is 450 g/mol. The van der Waals surface area contributed by atoms with Gasteiger partial charge < -0.3 is 18.9 Å². The Kier molecular flexibility index (Phi) is 7.64. The number of carbonyl (C=O) groups excluding carboxylic acids is 1.